The van der Waals surface area contributed by atoms with Gasteiger partial charge in [0, 0.05) is 6.54 Å². The van der Waals surface area contributed by atoms with Crippen LogP contribution in [0.4, 0.5) is 0 Å². The molecule has 4 fully saturated rings. The average molecular weight is 247 g/mol. The fourth-order valence-corrected chi connectivity index (χ4v) is 6.02. The summed E-state index contributed by atoms with van der Waals surface area (Å²) < 4.78 is 0. The Morgan fingerprint density at radius 1 is 1.00 bits per heavy atom. The molecule has 4 saturated carbocycles. The summed E-state index contributed by atoms with van der Waals surface area (Å²) in [6.45, 7) is 4.88. The molecule has 4 aliphatic carbocycles. The van der Waals surface area contributed by atoms with E-state index in [1.807, 2.05) is 0 Å². The lowest BCUT2D eigenvalue weighted by atomic mass is 9.65. The zero-order valence-corrected chi connectivity index (χ0v) is 12.0. The summed E-state index contributed by atoms with van der Waals surface area (Å²) in [6.07, 6.45) is 12.4. The van der Waals surface area contributed by atoms with E-state index in [0.29, 0.717) is 0 Å². The van der Waals surface area contributed by atoms with Crippen molar-refractivity contribution < 1.29 is 0 Å². The van der Waals surface area contributed by atoms with Gasteiger partial charge in [0.05, 0.1) is 0 Å². The number of hydrogen-bond donors (Lipinski definition) is 1. The molecule has 0 radical (unpaired) electrons. The third kappa shape index (κ3) is 1.77. The number of fused-ring (bicyclic) bond motifs is 3. The topological polar surface area (TPSA) is 12.0 Å². The van der Waals surface area contributed by atoms with Gasteiger partial charge in [-0.3, -0.25) is 0 Å². The third-order valence-corrected chi connectivity index (χ3v) is 6.83. The lowest BCUT2D eigenvalue weighted by molar-refractivity contribution is 0.0902. The summed E-state index contributed by atoms with van der Waals surface area (Å²) in [7, 11) is 0. The molecule has 1 N–H and O–H groups in total. The normalized spacial score (nSPS) is 52.8. The maximum absolute atomic E-state index is 3.80. The van der Waals surface area contributed by atoms with Crippen molar-refractivity contribution in [2.24, 2.45) is 35.0 Å². The van der Waals surface area contributed by atoms with Crippen LogP contribution in [-0.2, 0) is 0 Å². The molecule has 0 aromatic carbocycles. The second kappa shape index (κ2) is 4.23. The molecular formula is C17H29N. The predicted molar refractivity (Wildman–Crippen MR) is 75.4 cm³/mol. The SMILES string of the molecule is CCCNCC1(C2CC3CCC2C3)CC2CC2C1. The molecule has 0 amide bonds. The van der Waals surface area contributed by atoms with Gasteiger partial charge in [0.2, 0.25) is 0 Å². The molecule has 0 spiro atoms. The van der Waals surface area contributed by atoms with Crippen molar-refractivity contribution in [1.82, 2.24) is 5.32 Å². The van der Waals surface area contributed by atoms with Gasteiger partial charge < -0.3 is 5.32 Å². The standard InChI is InChI=1S/C17H29N/c1-2-5-18-11-17(9-14-8-15(14)10-17)16-7-12-3-4-13(16)6-12/h12-16,18H,2-11H2,1H3. The van der Waals surface area contributed by atoms with Gasteiger partial charge in [-0.05, 0) is 86.5 Å². The van der Waals surface area contributed by atoms with Crippen molar-refractivity contribution in [1.29, 1.82) is 0 Å². The second-order valence-electron chi connectivity index (χ2n) is 7.98. The number of nitrogens with one attached hydrogen (secondary N) is 1. The Kier molecular flexibility index (Phi) is 2.76. The van der Waals surface area contributed by atoms with Crippen molar-refractivity contribution in [3.8, 4) is 0 Å². The monoisotopic (exact) mass is 247 g/mol. The van der Waals surface area contributed by atoms with Crippen LogP contribution < -0.4 is 5.32 Å². The Labute approximate surface area is 112 Å². The smallest absolute Gasteiger partial charge is 0.00108 e. The first-order valence-electron chi connectivity index (χ1n) is 8.51. The minimum Gasteiger partial charge on any atom is -0.316 e. The van der Waals surface area contributed by atoms with Gasteiger partial charge in [-0.15, -0.1) is 0 Å². The maximum atomic E-state index is 3.80. The van der Waals surface area contributed by atoms with Gasteiger partial charge in [0.1, 0.15) is 0 Å². The summed E-state index contributed by atoms with van der Waals surface area (Å²) >= 11 is 0. The van der Waals surface area contributed by atoms with E-state index in [4.69, 9.17) is 0 Å². The van der Waals surface area contributed by atoms with E-state index in [0.717, 1.165) is 35.0 Å². The Morgan fingerprint density at radius 2 is 1.83 bits per heavy atom. The molecule has 2 bridgehead atoms. The Balaban J connectivity index is 1.48. The molecule has 0 aromatic heterocycles. The molecule has 0 aromatic rings. The van der Waals surface area contributed by atoms with Crippen LogP contribution >= 0.6 is 0 Å². The summed E-state index contributed by atoms with van der Waals surface area (Å²) in [6, 6.07) is 0. The van der Waals surface area contributed by atoms with E-state index < -0.39 is 0 Å². The lowest BCUT2D eigenvalue weighted by Crippen LogP contribution is -2.42. The molecule has 4 rings (SSSR count). The summed E-state index contributed by atoms with van der Waals surface area (Å²) in [5.41, 5.74) is 0.739. The Hall–Kier alpha value is -0.0400. The fraction of sp³-hybridized carbons (Fsp3) is 1.00. The molecule has 5 unspecified atom stereocenters. The molecule has 5 atom stereocenters. The molecular weight excluding hydrogens is 218 g/mol. The van der Waals surface area contributed by atoms with Gasteiger partial charge in [0.15, 0.2) is 0 Å². The van der Waals surface area contributed by atoms with E-state index in [1.165, 1.54) is 19.5 Å². The van der Waals surface area contributed by atoms with Crippen LogP contribution in [0, 0.1) is 35.0 Å². The van der Waals surface area contributed by atoms with E-state index >= 15 is 0 Å². The van der Waals surface area contributed by atoms with Crippen LogP contribution in [0.1, 0.15) is 58.3 Å². The first-order valence-corrected chi connectivity index (χ1v) is 8.51. The number of hydrogen-bond acceptors (Lipinski definition) is 1. The minimum atomic E-state index is 0.739. The first kappa shape index (κ1) is 11.8. The first-order chi connectivity index (χ1) is 8.81. The molecule has 0 heterocycles. The van der Waals surface area contributed by atoms with Crippen molar-refractivity contribution in [2.45, 2.75) is 58.3 Å². The third-order valence-electron chi connectivity index (χ3n) is 6.83. The average Bonchev–Trinajstić information content (AvgIpc) is 2.81. The van der Waals surface area contributed by atoms with E-state index in [2.05, 4.69) is 12.2 Å². The van der Waals surface area contributed by atoms with Crippen LogP contribution in [0.2, 0.25) is 0 Å². The van der Waals surface area contributed by atoms with Crippen molar-refractivity contribution in [3.63, 3.8) is 0 Å². The quantitative estimate of drug-likeness (QED) is 0.728. The summed E-state index contributed by atoms with van der Waals surface area (Å²) in [5, 5.41) is 3.80. The van der Waals surface area contributed by atoms with Crippen LogP contribution in [0.5, 0.6) is 0 Å². The molecule has 4 aliphatic rings. The largest absolute Gasteiger partial charge is 0.316 e. The minimum absolute atomic E-state index is 0.739. The van der Waals surface area contributed by atoms with E-state index in [-0.39, 0.29) is 0 Å². The highest BCUT2D eigenvalue weighted by Crippen LogP contribution is 2.67. The van der Waals surface area contributed by atoms with Gasteiger partial charge in [-0.1, -0.05) is 13.3 Å². The molecule has 1 heteroatoms. The fourth-order valence-electron chi connectivity index (χ4n) is 6.02. The molecule has 1 nitrogen and oxygen atoms in total. The zero-order chi connectivity index (χ0) is 12.2. The highest BCUT2D eigenvalue weighted by atomic mass is 14.9. The summed E-state index contributed by atoms with van der Waals surface area (Å²) in [4.78, 5) is 0. The highest BCUT2D eigenvalue weighted by molar-refractivity contribution is 5.10. The molecule has 18 heavy (non-hydrogen) atoms. The Bertz CT molecular complexity index is 314. The summed E-state index contributed by atoms with van der Waals surface area (Å²) in [5.74, 6) is 5.64. The molecule has 0 aliphatic heterocycles. The predicted octanol–water partition coefficient (Wildman–Crippen LogP) is 3.84. The van der Waals surface area contributed by atoms with E-state index in [1.54, 1.807) is 44.9 Å². The Morgan fingerprint density at radius 3 is 2.44 bits per heavy atom. The van der Waals surface area contributed by atoms with Crippen LogP contribution in [-0.4, -0.2) is 13.1 Å². The highest BCUT2D eigenvalue weighted by Gasteiger charge is 2.59. The van der Waals surface area contributed by atoms with Gasteiger partial charge in [-0.2, -0.15) is 0 Å². The zero-order valence-electron chi connectivity index (χ0n) is 12.0. The van der Waals surface area contributed by atoms with Crippen LogP contribution in [0.25, 0.3) is 0 Å². The van der Waals surface area contributed by atoms with Crippen LogP contribution in [0.15, 0.2) is 0 Å². The van der Waals surface area contributed by atoms with Crippen molar-refractivity contribution >= 4 is 0 Å². The lowest BCUT2D eigenvalue weighted by Gasteiger charge is -2.42. The van der Waals surface area contributed by atoms with Gasteiger partial charge >= 0.3 is 0 Å². The second-order valence-corrected chi connectivity index (χ2v) is 7.98. The van der Waals surface area contributed by atoms with Crippen LogP contribution in [0.3, 0.4) is 0 Å². The maximum Gasteiger partial charge on any atom is 0.00108 e. The van der Waals surface area contributed by atoms with Gasteiger partial charge in [-0.25, -0.2) is 0 Å². The molecule has 0 saturated heterocycles. The van der Waals surface area contributed by atoms with E-state index in [9.17, 15) is 0 Å². The molecule has 102 valence electrons. The number of rotatable bonds is 5. The van der Waals surface area contributed by atoms with Crippen molar-refractivity contribution in [3.05, 3.63) is 0 Å². The van der Waals surface area contributed by atoms with Crippen molar-refractivity contribution in [2.75, 3.05) is 13.1 Å². The van der Waals surface area contributed by atoms with Gasteiger partial charge in [0.25, 0.3) is 0 Å².